The molecule has 6 nitrogen and oxygen atoms in total. The summed E-state index contributed by atoms with van der Waals surface area (Å²) in [6.07, 6.45) is 8.51. The van der Waals surface area contributed by atoms with Crippen LogP contribution in [-0.4, -0.2) is 34.7 Å². The molecule has 0 aromatic heterocycles. The Morgan fingerprint density at radius 3 is 2.07 bits per heavy atom. The summed E-state index contributed by atoms with van der Waals surface area (Å²) in [5.41, 5.74) is 0.353. The van der Waals surface area contributed by atoms with Crippen LogP contribution in [-0.2, 0) is 23.9 Å². The van der Waals surface area contributed by atoms with Crippen LogP contribution in [0.3, 0.4) is 0 Å². The highest BCUT2D eigenvalue weighted by Gasteiger charge is 2.58. The molecule has 0 aromatic rings. The predicted octanol–water partition coefficient (Wildman–Crippen LogP) is 4.43. The van der Waals surface area contributed by atoms with Crippen LogP contribution in [0.15, 0.2) is 24.3 Å². The van der Waals surface area contributed by atoms with Crippen molar-refractivity contribution in [1.82, 2.24) is 0 Å². The van der Waals surface area contributed by atoms with Gasteiger partial charge in [0.15, 0.2) is 0 Å². The fourth-order valence-corrected chi connectivity index (χ4v) is 6.13. The Bertz CT molecular complexity index is 696. The lowest BCUT2D eigenvalue weighted by Crippen LogP contribution is -2.59. The van der Waals surface area contributed by atoms with E-state index in [4.69, 9.17) is 14.6 Å². The highest BCUT2D eigenvalue weighted by Crippen LogP contribution is 2.60. The summed E-state index contributed by atoms with van der Waals surface area (Å²) in [5, 5.41) is 7.89. The lowest BCUT2D eigenvalue weighted by Gasteiger charge is -2.60. The van der Waals surface area contributed by atoms with Crippen LogP contribution in [0.1, 0.15) is 71.6 Å². The van der Waals surface area contributed by atoms with Crippen molar-refractivity contribution < 1.29 is 29.0 Å². The predicted molar refractivity (Wildman–Crippen MR) is 111 cm³/mol. The maximum atomic E-state index is 12.7. The van der Waals surface area contributed by atoms with Gasteiger partial charge in [-0.15, -0.1) is 0 Å². The zero-order valence-corrected chi connectivity index (χ0v) is 18.2. The Morgan fingerprint density at radius 1 is 1.13 bits per heavy atom. The molecule has 30 heavy (non-hydrogen) atoms. The highest BCUT2D eigenvalue weighted by molar-refractivity contribution is 5.88. The Balaban J connectivity index is 0.000000377. The number of carbonyl (C=O) groups is 3. The minimum absolute atomic E-state index is 0.174. The summed E-state index contributed by atoms with van der Waals surface area (Å²) in [4.78, 5) is 33.5. The summed E-state index contributed by atoms with van der Waals surface area (Å²) in [6.45, 7) is 10.7. The summed E-state index contributed by atoms with van der Waals surface area (Å²) in [6, 6.07) is 0. The van der Waals surface area contributed by atoms with Crippen LogP contribution in [0, 0.1) is 23.7 Å². The summed E-state index contributed by atoms with van der Waals surface area (Å²) >= 11 is 0. The van der Waals surface area contributed by atoms with E-state index in [9.17, 15) is 14.4 Å². The third kappa shape index (κ3) is 4.62. The van der Waals surface area contributed by atoms with Gasteiger partial charge in [0, 0.05) is 24.0 Å². The first-order valence-corrected chi connectivity index (χ1v) is 11.1. The van der Waals surface area contributed by atoms with Crippen molar-refractivity contribution >= 4 is 17.9 Å². The monoisotopic (exact) mass is 418 g/mol. The number of esters is 2. The zero-order chi connectivity index (χ0) is 22.1. The number of carbonyl (C=O) groups excluding carboxylic acids is 2. The molecule has 5 rings (SSSR count). The first-order valence-electron chi connectivity index (χ1n) is 11.1. The maximum absolute atomic E-state index is 12.7. The second-order valence-corrected chi connectivity index (χ2v) is 9.55. The molecule has 5 fully saturated rings. The van der Waals surface area contributed by atoms with Crippen molar-refractivity contribution in [2.75, 3.05) is 0 Å². The number of hydrogen-bond acceptors (Lipinski definition) is 5. The second-order valence-electron chi connectivity index (χ2n) is 9.55. The number of hydrogen-bond donors (Lipinski definition) is 1. The average Bonchev–Trinajstić information content (AvgIpc) is 3.09. The largest absolute Gasteiger partial charge is 0.478 e. The van der Waals surface area contributed by atoms with E-state index in [2.05, 4.69) is 20.1 Å². The van der Waals surface area contributed by atoms with Gasteiger partial charge in [0.1, 0.15) is 11.7 Å². The van der Waals surface area contributed by atoms with E-state index in [1.54, 1.807) is 0 Å². The average molecular weight is 419 g/mol. The van der Waals surface area contributed by atoms with Crippen LogP contribution < -0.4 is 0 Å². The fraction of sp³-hybridized carbons (Fsp3) is 0.708. The number of rotatable bonds is 6. The smallest absolute Gasteiger partial charge is 0.334 e. The number of carboxylic acids is 1. The molecule has 6 heteroatoms. The maximum Gasteiger partial charge on any atom is 0.334 e. The van der Waals surface area contributed by atoms with E-state index in [0.717, 1.165) is 18.3 Å². The number of aliphatic carboxylic acids is 1. The molecule has 1 atom stereocenters. The van der Waals surface area contributed by atoms with Crippen molar-refractivity contribution in [1.29, 1.82) is 0 Å². The summed E-state index contributed by atoms with van der Waals surface area (Å²) < 4.78 is 11.4. The first kappa shape index (κ1) is 22.6. The van der Waals surface area contributed by atoms with Crippen molar-refractivity contribution in [3.8, 4) is 0 Å². The molecule has 0 radical (unpaired) electrons. The SMILES string of the molecule is C=C(C)C(=O)O.C=C(CC1CCC(=O)O1)C(=O)OC1(CC)C2CC3CC(C2)CC1C3. The van der Waals surface area contributed by atoms with Gasteiger partial charge in [-0.3, -0.25) is 4.79 Å². The van der Waals surface area contributed by atoms with E-state index >= 15 is 0 Å². The fourth-order valence-electron chi connectivity index (χ4n) is 6.13. The Morgan fingerprint density at radius 2 is 1.67 bits per heavy atom. The molecule has 0 aromatic carbocycles. The van der Waals surface area contributed by atoms with Gasteiger partial charge in [0.2, 0.25) is 0 Å². The first-order chi connectivity index (χ1) is 14.1. The topological polar surface area (TPSA) is 89.9 Å². The van der Waals surface area contributed by atoms with Gasteiger partial charge in [0.25, 0.3) is 0 Å². The Labute approximate surface area is 178 Å². The van der Waals surface area contributed by atoms with E-state index < -0.39 is 5.97 Å². The molecule has 1 N–H and O–H groups in total. The standard InChI is InChI=1S/C20H28O4.C4H6O2/c1-3-20(15-8-13-7-14(10-15)11-16(20)9-13)24-19(22)12(2)6-17-4-5-18(21)23-17;1-3(2)4(5)6/h13-17H,2-11H2,1H3;1H2,2H3,(H,5,6). The molecule has 1 unspecified atom stereocenters. The minimum atomic E-state index is -0.935. The van der Waals surface area contributed by atoms with Gasteiger partial charge in [-0.25, -0.2) is 9.59 Å². The zero-order valence-electron chi connectivity index (χ0n) is 18.2. The second kappa shape index (κ2) is 8.94. The molecule has 1 heterocycles. The number of ether oxygens (including phenoxy) is 2. The minimum Gasteiger partial charge on any atom is -0.478 e. The molecule has 4 aliphatic carbocycles. The Kier molecular flexibility index (Phi) is 6.73. The van der Waals surface area contributed by atoms with Crippen molar-refractivity contribution in [3.05, 3.63) is 24.3 Å². The van der Waals surface area contributed by atoms with Gasteiger partial charge >= 0.3 is 17.9 Å². The normalized spacial score (nSPS) is 35.8. The van der Waals surface area contributed by atoms with E-state index in [1.165, 1.54) is 39.0 Å². The van der Waals surface area contributed by atoms with Crippen molar-refractivity contribution in [2.45, 2.75) is 83.3 Å². The third-order valence-corrected chi connectivity index (χ3v) is 7.45. The lowest BCUT2D eigenvalue weighted by molar-refractivity contribution is -0.207. The van der Waals surface area contributed by atoms with Crippen LogP contribution >= 0.6 is 0 Å². The van der Waals surface area contributed by atoms with Gasteiger partial charge in [-0.05, 0) is 75.5 Å². The lowest BCUT2D eigenvalue weighted by atomic mass is 9.49. The van der Waals surface area contributed by atoms with Gasteiger partial charge < -0.3 is 14.6 Å². The third-order valence-electron chi connectivity index (χ3n) is 7.45. The molecule has 0 spiro atoms. The Hall–Kier alpha value is -2.11. The van der Waals surface area contributed by atoms with Gasteiger partial charge in [-0.1, -0.05) is 20.1 Å². The molecule has 1 aliphatic heterocycles. The molecule has 166 valence electrons. The number of cyclic esters (lactones) is 1. The van der Waals surface area contributed by atoms with Crippen LogP contribution in [0.5, 0.6) is 0 Å². The van der Waals surface area contributed by atoms with Gasteiger partial charge in [0.05, 0.1) is 0 Å². The molecule has 4 bridgehead atoms. The molecule has 0 amide bonds. The van der Waals surface area contributed by atoms with Gasteiger partial charge in [-0.2, -0.15) is 0 Å². The molecule has 4 saturated carbocycles. The van der Waals surface area contributed by atoms with E-state index in [1.807, 2.05) is 0 Å². The number of carboxylic acid groups (broad SMARTS) is 1. The molecular weight excluding hydrogens is 384 g/mol. The molecular formula is C24H34O6. The van der Waals surface area contributed by atoms with E-state index in [-0.39, 0.29) is 29.2 Å². The van der Waals surface area contributed by atoms with Crippen molar-refractivity contribution in [3.63, 3.8) is 0 Å². The van der Waals surface area contributed by atoms with Crippen LogP contribution in [0.2, 0.25) is 0 Å². The van der Waals surface area contributed by atoms with Crippen molar-refractivity contribution in [2.24, 2.45) is 23.7 Å². The van der Waals surface area contributed by atoms with E-state index in [0.29, 0.717) is 36.7 Å². The quantitative estimate of drug-likeness (QED) is 0.507. The summed E-state index contributed by atoms with van der Waals surface area (Å²) in [7, 11) is 0. The molecule has 1 saturated heterocycles. The van der Waals surface area contributed by atoms with Crippen LogP contribution in [0.4, 0.5) is 0 Å². The summed E-state index contributed by atoms with van der Waals surface area (Å²) in [5.74, 6) is 1.38. The van der Waals surface area contributed by atoms with Crippen LogP contribution in [0.25, 0.3) is 0 Å². The highest BCUT2D eigenvalue weighted by atomic mass is 16.6. The molecule has 5 aliphatic rings.